The van der Waals surface area contributed by atoms with Gasteiger partial charge in [-0.25, -0.2) is 0 Å². The van der Waals surface area contributed by atoms with Gasteiger partial charge in [-0.15, -0.1) is 0 Å². The van der Waals surface area contributed by atoms with Gasteiger partial charge < -0.3 is 0 Å². The van der Waals surface area contributed by atoms with Crippen molar-refractivity contribution < 1.29 is 9.59 Å². The Morgan fingerprint density at radius 1 is 0.700 bits per heavy atom. The Hall–Kier alpha value is -2.22. The minimum Gasteiger partial charge on any atom is -0.294 e. The van der Waals surface area contributed by atoms with Crippen LogP contribution in [0.4, 0.5) is 0 Å². The Kier molecular flexibility index (Phi) is 4.14. The van der Waals surface area contributed by atoms with Crippen LogP contribution in [0.1, 0.15) is 43.8 Å². The minimum atomic E-state index is -0.130. The normalized spacial score (nSPS) is 10.3. The number of Topliss-reactive ketones (excluding diaryl/α,β-unsaturated/α-hetero) is 2. The highest BCUT2D eigenvalue weighted by Crippen LogP contribution is 2.13. The van der Waals surface area contributed by atoms with Crippen LogP contribution in [0.15, 0.2) is 42.5 Å². The first-order valence-electron chi connectivity index (χ1n) is 6.67. The molecule has 0 aliphatic rings. The van der Waals surface area contributed by atoms with E-state index in [1.54, 1.807) is 12.1 Å². The van der Waals surface area contributed by atoms with E-state index >= 15 is 0 Å². The topological polar surface area (TPSA) is 34.1 Å². The molecule has 102 valence electrons. The molecule has 2 heteroatoms. The standard InChI is InChI=1S/C18H18O2/c1-12-4-6-15(7-5-12)17(19)11-18(20)16-9-13(2)8-14(3)10-16/h4-10H,11H2,1-3H3. The number of carbonyl (C=O) groups excluding carboxylic acids is 2. The number of ketones is 2. The second kappa shape index (κ2) is 5.83. The van der Waals surface area contributed by atoms with Crippen LogP contribution in [0.25, 0.3) is 0 Å². The summed E-state index contributed by atoms with van der Waals surface area (Å²) in [4.78, 5) is 24.3. The van der Waals surface area contributed by atoms with E-state index in [4.69, 9.17) is 0 Å². The van der Waals surface area contributed by atoms with Crippen LogP contribution in [0.3, 0.4) is 0 Å². The van der Waals surface area contributed by atoms with Crippen LogP contribution in [0, 0.1) is 20.8 Å². The Morgan fingerprint density at radius 3 is 1.75 bits per heavy atom. The van der Waals surface area contributed by atoms with Crippen LogP contribution in [-0.2, 0) is 0 Å². The lowest BCUT2D eigenvalue weighted by atomic mass is 9.98. The van der Waals surface area contributed by atoms with Gasteiger partial charge in [0.2, 0.25) is 0 Å². The summed E-state index contributed by atoms with van der Waals surface area (Å²) in [6.45, 7) is 5.87. The number of hydrogen-bond donors (Lipinski definition) is 0. The predicted molar refractivity (Wildman–Crippen MR) is 80.4 cm³/mol. The number of aryl methyl sites for hydroxylation is 3. The van der Waals surface area contributed by atoms with Gasteiger partial charge in [0, 0.05) is 11.1 Å². The van der Waals surface area contributed by atoms with Gasteiger partial charge in [0.1, 0.15) is 0 Å². The minimum absolute atomic E-state index is 0.0774. The molecule has 0 aromatic heterocycles. The van der Waals surface area contributed by atoms with Gasteiger partial charge in [-0.1, -0.05) is 47.0 Å². The highest BCUT2D eigenvalue weighted by molar-refractivity contribution is 6.13. The first kappa shape index (κ1) is 14.2. The number of benzene rings is 2. The average molecular weight is 266 g/mol. The van der Waals surface area contributed by atoms with Crippen LogP contribution < -0.4 is 0 Å². The van der Waals surface area contributed by atoms with E-state index in [0.717, 1.165) is 16.7 Å². The highest BCUT2D eigenvalue weighted by atomic mass is 16.1. The van der Waals surface area contributed by atoms with Gasteiger partial charge in [-0.05, 0) is 32.9 Å². The summed E-state index contributed by atoms with van der Waals surface area (Å²) in [6, 6.07) is 13.0. The second-order valence-corrected chi connectivity index (χ2v) is 5.27. The average Bonchev–Trinajstić information content (AvgIpc) is 2.38. The van der Waals surface area contributed by atoms with Crippen LogP contribution >= 0.6 is 0 Å². The molecule has 0 spiro atoms. The van der Waals surface area contributed by atoms with Crippen LogP contribution in [0.2, 0.25) is 0 Å². The molecule has 0 heterocycles. The molecular weight excluding hydrogens is 248 g/mol. The fraction of sp³-hybridized carbons (Fsp3) is 0.222. The van der Waals surface area contributed by atoms with E-state index in [1.807, 2.05) is 51.1 Å². The summed E-state index contributed by atoms with van der Waals surface area (Å²) in [5, 5.41) is 0. The summed E-state index contributed by atoms with van der Waals surface area (Å²) in [6.07, 6.45) is -0.0774. The molecule has 0 aliphatic heterocycles. The molecule has 0 fully saturated rings. The van der Waals surface area contributed by atoms with E-state index in [2.05, 4.69) is 0 Å². The van der Waals surface area contributed by atoms with Crippen molar-refractivity contribution in [2.45, 2.75) is 27.2 Å². The van der Waals surface area contributed by atoms with E-state index in [9.17, 15) is 9.59 Å². The maximum Gasteiger partial charge on any atom is 0.170 e. The van der Waals surface area contributed by atoms with Crippen molar-refractivity contribution in [1.29, 1.82) is 0 Å². The molecule has 0 aliphatic carbocycles. The summed E-state index contributed by atoms with van der Waals surface area (Å²) >= 11 is 0. The van der Waals surface area contributed by atoms with Crippen molar-refractivity contribution in [1.82, 2.24) is 0 Å². The molecule has 20 heavy (non-hydrogen) atoms. The monoisotopic (exact) mass is 266 g/mol. The smallest absolute Gasteiger partial charge is 0.170 e. The first-order valence-corrected chi connectivity index (χ1v) is 6.67. The Labute approximate surface area is 119 Å². The zero-order valence-corrected chi connectivity index (χ0v) is 12.1. The first-order chi connectivity index (χ1) is 9.45. The van der Waals surface area contributed by atoms with Crippen molar-refractivity contribution in [3.63, 3.8) is 0 Å². The zero-order valence-electron chi connectivity index (χ0n) is 12.1. The summed E-state index contributed by atoms with van der Waals surface area (Å²) in [5.74, 6) is -0.253. The number of hydrogen-bond acceptors (Lipinski definition) is 2. The summed E-state index contributed by atoms with van der Waals surface area (Å²) in [5.41, 5.74) is 4.38. The lowest BCUT2D eigenvalue weighted by Gasteiger charge is -2.04. The van der Waals surface area contributed by atoms with Gasteiger partial charge in [0.25, 0.3) is 0 Å². The van der Waals surface area contributed by atoms with Crippen LogP contribution in [0.5, 0.6) is 0 Å². The van der Waals surface area contributed by atoms with Gasteiger partial charge in [0.05, 0.1) is 6.42 Å². The van der Waals surface area contributed by atoms with E-state index in [1.165, 1.54) is 0 Å². The lowest BCUT2D eigenvalue weighted by Crippen LogP contribution is -2.09. The molecule has 0 atom stereocenters. The van der Waals surface area contributed by atoms with Crippen molar-refractivity contribution >= 4 is 11.6 Å². The third-order valence-electron chi connectivity index (χ3n) is 3.24. The summed E-state index contributed by atoms with van der Waals surface area (Å²) < 4.78 is 0. The number of carbonyl (C=O) groups is 2. The van der Waals surface area contributed by atoms with Gasteiger partial charge in [-0.3, -0.25) is 9.59 Å². The molecule has 2 aromatic rings. The quantitative estimate of drug-likeness (QED) is 0.617. The zero-order chi connectivity index (χ0) is 14.7. The Morgan fingerprint density at radius 2 is 1.20 bits per heavy atom. The van der Waals surface area contributed by atoms with Gasteiger partial charge in [0.15, 0.2) is 11.6 Å². The van der Waals surface area contributed by atoms with Crippen molar-refractivity contribution in [3.05, 3.63) is 70.3 Å². The van der Waals surface area contributed by atoms with E-state index < -0.39 is 0 Å². The van der Waals surface area contributed by atoms with Gasteiger partial charge >= 0.3 is 0 Å². The Balaban J connectivity index is 2.15. The largest absolute Gasteiger partial charge is 0.294 e. The highest BCUT2D eigenvalue weighted by Gasteiger charge is 2.14. The van der Waals surface area contributed by atoms with Gasteiger partial charge in [-0.2, -0.15) is 0 Å². The molecule has 0 radical (unpaired) electrons. The molecule has 0 saturated heterocycles. The maximum atomic E-state index is 12.2. The second-order valence-electron chi connectivity index (χ2n) is 5.27. The third kappa shape index (κ3) is 3.41. The lowest BCUT2D eigenvalue weighted by molar-refractivity contribution is 0.0894. The molecule has 2 rings (SSSR count). The molecule has 0 amide bonds. The Bertz CT molecular complexity index is 631. The van der Waals surface area contributed by atoms with Crippen molar-refractivity contribution in [2.24, 2.45) is 0 Å². The predicted octanol–water partition coefficient (Wildman–Crippen LogP) is 4.07. The summed E-state index contributed by atoms with van der Waals surface area (Å²) in [7, 11) is 0. The molecule has 2 nitrogen and oxygen atoms in total. The SMILES string of the molecule is Cc1ccc(C(=O)CC(=O)c2cc(C)cc(C)c2)cc1. The molecule has 0 unspecified atom stereocenters. The van der Waals surface area contributed by atoms with E-state index in [-0.39, 0.29) is 18.0 Å². The molecule has 0 saturated carbocycles. The van der Waals surface area contributed by atoms with Crippen molar-refractivity contribution in [3.8, 4) is 0 Å². The molecule has 2 aromatic carbocycles. The molecule has 0 bridgehead atoms. The number of rotatable bonds is 4. The molecular formula is C18H18O2. The van der Waals surface area contributed by atoms with Crippen LogP contribution in [-0.4, -0.2) is 11.6 Å². The molecule has 0 N–H and O–H groups in total. The fourth-order valence-corrected chi connectivity index (χ4v) is 2.23. The van der Waals surface area contributed by atoms with Crippen molar-refractivity contribution in [2.75, 3.05) is 0 Å². The fourth-order valence-electron chi connectivity index (χ4n) is 2.23. The third-order valence-corrected chi connectivity index (χ3v) is 3.24. The van der Waals surface area contributed by atoms with E-state index in [0.29, 0.717) is 11.1 Å². The maximum absolute atomic E-state index is 12.2.